The van der Waals surface area contributed by atoms with E-state index in [2.05, 4.69) is 34.7 Å². The van der Waals surface area contributed by atoms with Gasteiger partial charge in [0.15, 0.2) is 5.82 Å². The fourth-order valence-corrected chi connectivity index (χ4v) is 3.93. The summed E-state index contributed by atoms with van der Waals surface area (Å²) in [6, 6.07) is 12.0. The van der Waals surface area contributed by atoms with Gasteiger partial charge < -0.3 is 10.2 Å². The summed E-state index contributed by atoms with van der Waals surface area (Å²) in [5.41, 5.74) is 2.47. The van der Waals surface area contributed by atoms with Gasteiger partial charge in [-0.1, -0.05) is 32.0 Å². The Kier molecular flexibility index (Phi) is 5.98. The molecule has 32 heavy (non-hydrogen) atoms. The number of aryl methyl sites for hydroxylation is 1. The van der Waals surface area contributed by atoms with Gasteiger partial charge in [0.25, 0.3) is 0 Å². The van der Waals surface area contributed by atoms with E-state index < -0.39 is 17.6 Å². The third-order valence-electron chi connectivity index (χ3n) is 5.94. The predicted octanol–water partition coefficient (Wildman–Crippen LogP) is 3.61. The summed E-state index contributed by atoms with van der Waals surface area (Å²) in [6.45, 7) is 6.19. The number of nitrogens with zero attached hydrogens (tertiary/aromatic N) is 5. The van der Waals surface area contributed by atoms with E-state index in [1.54, 1.807) is 11.8 Å². The topological polar surface area (TPSA) is 93.0 Å². The molecule has 3 aromatic rings. The minimum absolute atomic E-state index is 0.0216. The van der Waals surface area contributed by atoms with Crippen molar-refractivity contribution in [3.63, 3.8) is 0 Å². The average Bonchev–Trinajstić information content (AvgIpc) is 3.40. The number of nitrogens with one attached hydrogen (secondary N) is 1. The minimum Gasteiger partial charge on any atom is -0.323 e. The first-order chi connectivity index (χ1) is 15.4. The number of hydrogen-bond donors (Lipinski definition) is 1. The van der Waals surface area contributed by atoms with Gasteiger partial charge in [-0.05, 0) is 59.5 Å². The van der Waals surface area contributed by atoms with Crippen LogP contribution in [0.25, 0.3) is 5.69 Å². The summed E-state index contributed by atoms with van der Waals surface area (Å²) in [5, 5.41) is 13.9. The Balaban J connectivity index is 1.53. The molecule has 1 N–H and O–H groups in total. The Labute approximate surface area is 185 Å². The SMILES string of the molecule is CCC(C)c1ccccc1N1CC(C(=O)Nc2cc(-n3nnnc3C)ccc2F)CC1=O. The lowest BCUT2D eigenvalue weighted by Gasteiger charge is -2.23. The Morgan fingerprint density at radius 2 is 2.06 bits per heavy atom. The Hall–Kier alpha value is -3.62. The number of carbonyl (C=O) groups is 2. The first kappa shape index (κ1) is 21.6. The van der Waals surface area contributed by atoms with Gasteiger partial charge in [0.2, 0.25) is 11.8 Å². The average molecular weight is 436 g/mol. The standard InChI is InChI=1S/C23H25FN6O2/c1-4-14(2)18-7-5-6-8-21(18)29-13-16(11-22(29)31)23(32)25-20-12-17(9-10-19(20)24)30-15(3)26-27-28-30/h5-10,12,14,16H,4,11,13H2,1-3H3,(H,25,32). The van der Waals surface area contributed by atoms with Crippen molar-refractivity contribution in [2.75, 3.05) is 16.8 Å². The van der Waals surface area contributed by atoms with Crippen molar-refractivity contribution in [1.29, 1.82) is 0 Å². The van der Waals surface area contributed by atoms with Crippen molar-refractivity contribution in [2.24, 2.45) is 5.92 Å². The number of tetrazole rings is 1. The van der Waals surface area contributed by atoms with Gasteiger partial charge in [0.05, 0.1) is 17.3 Å². The second kappa shape index (κ2) is 8.86. The van der Waals surface area contributed by atoms with Crippen LogP contribution in [0.3, 0.4) is 0 Å². The highest BCUT2D eigenvalue weighted by Crippen LogP contribution is 2.34. The van der Waals surface area contributed by atoms with Crippen molar-refractivity contribution in [3.05, 3.63) is 59.7 Å². The molecule has 2 amide bonds. The zero-order chi connectivity index (χ0) is 22.8. The van der Waals surface area contributed by atoms with Crippen LogP contribution in [0.5, 0.6) is 0 Å². The number of carbonyl (C=O) groups excluding carboxylic acids is 2. The van der Waals surface area contributed by atoms with Gasteiger partial charge in [-0.3, -0.25) is 9.59 Å². The van der Waals surface area contributed by atoms with E-state index in [9.17, 15) is 14.0 Å². The van der Waals surface area contributed by atoms with Gasteiger partial charge >= 0.3 is 0 Å². The molecule has 2 unspecified atom stereocenters. The molecule has 166 valence electrons. The molecule has 9 heteroatoms. The third-order valence-corrected chi connectivity index (χ3v) is 5.94. The molecule has 2 heterocycles. The van der Waals surface area contributed by atoms with Gasteiger partial charge in [0.1, 0.15) is 5.82 Å². The lowest BCUT2D eigenvalue weighted by molar-refractivity contribution is -0.122. The molecule has 0 aliphatic carbocycles. The van der Waals surface area contributed by atoms with E-state index in [4.69, 9.17) is 0 Å². The number of aromatic nitrogens is 4. The zero-order valence-electron chi connectivity index (χ0n) is 18.2. The maximum Gasteiger partial charge on any atom is 0.229 e. The predicted molar refractivity (Wildman–Crippen MR) is 118 cm³/mol. The molecule has 0 spiro atoms. The number of halogens is 1. The van der Waals surface area contributed by atoms with Crippen LogP contribution in [-0.2, 0) is 9.59 Å². The number of anilines is 2. The van der Waals surface area contributed by atoms with E-state index in [0.29, 0.717) is 17.4 Å². The maximum atomic E-state index is 14.4. The summed E-state index contributed by atoms with van der Waals surface area (Å²) in [4.78, 5) is 27.4. The van der Waals surface area contributed by atoms with Crippen LogP contribution in [0.15, 0.2) is 42.5 Å². The molecule has 1 fully saturated rings. The number of para-hydroxylation sites is 1. The van der Waals surface area contributed by atoms with Crippen LogP contribution < -0.4 is 10.2 Å². The van der Waals surface area contributed by atoms with Gasteiger partial charge in [-0.25, -0.2) is 4.39 Å². The highest BCUT2D eigenvalue weighted by atomic mass is 19.1. The molecule has 2 aromatic carbocycles. The summed E-state index contributed by atoms with van der Waals surface area (Å²) in [5.74, 6) is -0.837. The summed E-state index contributed by atoms with van der Waals surface area (Å²) in [6.07, 6.45) is 1.02. The summed E-state index contributed by atoms with van der Waals surface area (Å²) >= 11 is 0. The number of benzene rings is 2. The first-order valence-corrected chi connectivity index (χ1v) is 10.6. The second-order valence-corrected chi connectivity index (χ2v) is 8.06. The van der Waals surface area contributed by atoms with Gasteiger partial charge in [-0.2, -0.15) is 4.68 Å². The molecule has 1 aliphatic heterocycles. The molecular weight excluding hydrogens is 411 g/mol. The molecule has 0 bridgehead atoms. The Morgan fingerprint density at radius 1 is 1.28 bits per heavy atom. The largest absolute Gasteiger partial charge is 0.323 e. The molecule has 0 radical (unpaired) electrons. The highest BCUT2D eigenvalue weighted by Gasteiger charge is 2.36. The van der Waals surface area contributed by atoms with E-state index >= 15 is 0 Å². The van der Waals surface area contributed by atoms with Gasteiger partial charge in [0, 0.05) is 18.7 Å². The second-order valence-electron chi connectivity index (χ2n) is 8.06. The lowest BCUT2D eigenvalue weighted by Crippen LogP contribution is -2.29. The van der Waals surface area contributed by atoms with E-state index in [1.165, 1.54) is 22.9 Å². The van der Waals surface area contributed by atoms with Crippen molar-refractivity contribution < 1.29 is 14.0 Å². The Bertz CT molecular complexity index is 1160. The highest BCUT2D eigenvalue weighted by molar-refractivity contribution is 6.04. The number of hydrogen-bond acceptors (Lipinski definition) is 5. The van der Waals surface area contributed by atoms with Crippen molar-refractivity contribution >= 4 is 23.2 Å². The van der Waals surface area contributed by atoms with Gasteiger partial charge in [-0.15, -0.1) is 5.10 Å². The number of amides is 2. The molecule has 1 saturated heterocycles. The van der Waals surface area contributed by atoms with Crippen molar-refractivity contribution in [3.8, 4) is 5.69 Å². The number of rotatable bonds is 6. The molecule has 4 rings (SSSR count). The molecular formula is C23H25FN6O2. The van der Waals surface area contributed by atoms with Crippen molar-refractivity contribution in [1.82, 2.24) is 20.2 Å². The molecule has 1 aliphatic rings. The fraction of sp³-hybridized carbons (Fsp3) is 0.348. The smallest absolute Gasteiger partial charge is 0.229 e. The summed E-state index contributed by atoms with van der Waals surface area (Å²) in [7, 11) is 0. The van der Waals surface area contributed by atoms with E-state index in [1.807, 2.05) is 24.3 Å². The van der Waals surface area contributed by atoms with Crippen LogP contribution in [0, 0.1) is 18.7 Å². The molecule has 2 atom stereocenters. The monoisotopic (exact) mass is 436 g/mol. The third kappa shape index (κ3) is 4.10. The maximum absolute atomic E-state index is 14.4. The van der Waals surface area contributed by atoms with E-state index in [0.717, 1.165) is 17.7 Å². The normalized spacial score (nSPS) is 16.9. The Morgan fingerprint density at radius 3 is 2.78 bits per heavy atom. The van der Waals surface area contributed by atoms with Crippen LogP contribution >= 0.6 is 0 Å². The molecule has 1 aromatic heterocycles. The van der Waals surface area contributed by atoms with Crippen LogP contribution in [0.1, 0.15) is 44.0 Å². The summed E-state index contributed by atoms with van der Waals surface area (Å²) < 4.78 is 15.9. The quantitative estimate of drug-likeness (QED) is 0.637. The van der Waals surface area contributed by atoms with Crippen molar-refractivity contribution in [2.45, 2.75) is 39.5 Å². The molecule has 8 nitrogen and oxygen atoms in total. The van der Waals surface area contributed by atoms with Crippen LogP contribution in [0.4, 0.5) is 15.8 Å². The lowest BCUT2D eigenvalue weighted by atomic mass is 9.96. The van der Waals surface area contributed by atoms with Crippen LogP contribution in [-0.4, -0.2) is 38.6 Å². The molecule has 0 saturated carbocycles. The van der Waals surface area contributed by atoms with Crippen LogP contribution in [0.2, 0.25) is 0 Å². The zero-order valence-corrected chi connectivity index (χ0v) is 18.2. The first-order valence-electron chi connectivity index (χ1n) is 10.6. The fourth-order valence-electron chi connectivity index (χ4n) is 3.93. The van der Waals surface area contributed by atoms with E-state index in [-0.39, 0.29) is 24.6 Å². The minimum atomic E-state index is -0.578.